The fourth-order valence-corrected chi connectivity index (χ4v) is 3.13. The number of nitrogens with zero attached hydrogens (tertiary/aromatic N) is 1. The average Bonchev–Trinajstić information content (AvgIpc) is 2.62. The normalized spacial score (nSPS) is 30.8. The predicted molar refractivity (Wildman–Crippen MR) is 73.5 cm³/mol. The largest absolute Gasteiger partial charge is 0.355 e. The Morgan fingerprint density at radius 2 is 2.11 bits per heavy atom. The highest BCUT2D eigenvalue weighted by Crippen LogP contribution is 2.23. The van der Waals surface area contributed by atoms with Crippen LogP contribution in [0.4, 0.5) is 0 Å². The van der Waals surface area contributed by atoms with Crippen molar-refractivity contribution < 1.29 is 4.79 Å². The van der Waals surface area contributed by atoms with Gasteiger partial charge in [0, 0.05) is 25.2 Å². The third-order valence-electron chi connectivity index (χ3n) is 4.19. The summed E-state index contributed by atoms with van der Waals surface area (Å²) in [5, 5.41) is 6.58. The molecule has 2 rings (SSSR count). The quantitative estimate of drug-likeness (QED) is 0.789. The van der Waals surface area contributed by atoms with Crippen LogP contribution >= 0.6 is 0 Å². The monoisotopic (exact) mass is 253 g/mol. The van der Waals surface area contributed by atoms with Crippen LogP contribution in [0.25, 0.3) is 0 Å². The van der Waals surface area contributed by atoms with Crippen LogP contribution < -0.4 is 10.6 Å². The standard InChI is InChI=1S/C14H27N3O/c1-2-8-15-12-4-6-13(7-5-12)17-10-3-9-16-14(18)11-17/h12-13,15H,2-11H2,1H3,(H,16,18). The summed E-state index contributed by atoms with van der Waals surface area (Å²) in [6, 6.07) is 1.34. The fraction of sp³-hybridized carbons (Fsp3) is 0.929. The van der Waals surface area contributed by atoms with E-state index in [1.165, 1.54) is 32.1 Å². The Kier molecular flexibility index (Phi) is 5.45. The van der Waals surface area contributed by atoms with Gasteiger partial charge in [0.2, 0.25) is 5.91 Å². The Labute approximate surface area is 110 Å². The first-order chi connectivity index (χ1) is 8.79. The lowest BCUT2D eigenvalue weighted by Gasteiger charge is -2.36. The second-order valence-corrected chi connectivity index (χ2v) is 5.63. The zero-order valence-corrected chi connectivity index (χ0v) is 11.6. The lowest BCUT2D eigenvalue weighted by Crippen LogP contribution is -2.45. The third-order valence-corrected chi connectivity index (χ3v) is 4.19. The SMILES string of the molecule is CCCNC1CCC(N2CCCNC(=O)C2)CC1. The minimum absolute atomic E-state index is 0.207. The van der Waals surface area contributed by atoms with E-state index >= 15 is 0 Å². The van der Waals surface area contributed by atoms with E-state index < -0.39 is 0 Å². The average molecular weight is 253 g/mol. The van der Waals surface area contributed by atoms with Crippen LogP contribution in [0.15, 0.2) is 0 Å². The van der Waals surface area contributed by atoms with Crippen LogP contribution in [-0.2, 0) is 4.79 Å². The molecule has 1 saturated carbocycles. The molecule has 1 aliphatic heterocycles. The van der Waals surface area contributed by atoms with Crippen molar-refractivity contribution in [3.05, 3.63) is 0 Å². The molecule has 0 aromatic heterocycles. The van der Waals surface area contributed by atoms with Crippen molar-refractivity contribution in [1.29, 1.82) is 0 Å². The molecule has 0 unspecified atom stereocenters. The van der Waals surface area contributed by atoms with Gasteiger partial charge in [-0.2, -0.15) is 0 Å². The molecule has 0 aromatic carbocycles. The van der Waals surface area contributed by atoms with E-state index in [1.54, 1.807) is 0 Å². The van der Waals surface area contributed by atoms with Crippen molar-refractivity contribution in [2.45, 2.75) is 57.5 Å². The maximum Gasteiger partial charge on any atom is 0.234 e. The topological polar surface area (TPSA) is 44.4 Å². The summed E-state index contributed by atoms with van der Waals surface area (Å²) >= 11 is 0. The van der Waals surface area contributed by atoms with Crippen LogP contribution in [-0.4, -0.2) is 49.1 Å². The van der Waals surface area contributed by atoms with Gasteiger partial charge in [0.05, 0.1) is 6.54 Å². The molecule has 4 heteroatoms. The molecule has 2 aliphatic rings. The number of hydrogen-bond donors (Lipinski definition) is 2. The summed E-state index contributed by atoms with van der Waals surface area (Å²) in [7, 11) is 0. The smallest absolute Gasteiger partial charge is 0.234 e. The first kappa shape index (κ1) is 13.8. The van der Waals surface area contributed by atoms with Gasteiger partial charge < -0.3 is 10.6 Å². The first-order valence-electron chi connectivity index (χ1n) is 7.53. The van der Waals surface area contributed by atoms with E-state index in [2.05, 4.69) is 22.5 Å². The highest BCUT2D eigenvalue weighted by molar-refractivity contribution is 5.78. The first-order valence-corrected chi connectivity index (χ1v) is 7.53. The Bertz CT molecular complexity index is 262. The number of hydrogen-bond acceptors (Lipinski definition) is 3. The van der Waals surface area contributed by atoms with Gasteiger partial charge in [-0.15, -0.1) is 0 Å². The Hall–Kier alpha value is -0.610. The van der Waals surface area contributed by atoms with Crippen LogP contribution in [0.5, 0.6) is 0 Å². The summed E-state index contributed by atoms with van der Waals surface area (Å²) in [5.74, 6) is 0.207. The minimum Gasteiger partial charge on any atom is -0.355 e. The van der Waals surface area contributed by atoms with Gasteiger partial charge in [0.25, 0.3) is 0 Å². The maximum absolute atomic E-state index is 11.6. The van der Waals surface area contributed by atoms with Crippen molar-refractivity contribution in [1.82, 2.24) is 15.5 Å². The Balaban J connectivity index is 1.76. The lowest BCUT2D eigenvalue weighted by molar-refractivity contribution is -0.122. The number of rotatable bonds is 4. The van der Waals surface area contributed by atoms with E-state index in [0.717, 1.165) is 26.1 Å². The maximum atomic E-state index is 11.6. The van der Waals surface area contributed by atoms with E-state index in [0.29, 0.717) is 18.6 Å². The minimum atomic E-state index is 0.207. The van der Waals surface area contributed by atoms with Crippen molar-refractivity contribution in [2.24, 2.45) is 0 Å². The number of amides is 1. The molecule has 4 nitrogen and oxygen atoms in total. The van der Waals surface area contributed by atoms with Gasteiger partial charge in [-0.05, 0) is 45.1 Å². The van der Waals surface area contributed by atoms with E-state index in [4.69, 9.17) is 0 Å². The van der Waals surface area contributed by atoms with Crippen LogP contribution in [0.2, 0.25) is 0 Å². The van der Waals surface area contributed by atoms with Gasteiger partial charge in [-0.25, -0.2) is 0 Å². The fourth-order valence-electron chi connectivity index (χ4n) is 3.13. The summed E-state index contributed by atoms with van der Waals surface area (Å²) in [6.07, 6.45) is 7.33. The lowest BCUT2D eigenvalue weighted by atomic mass is 9.90. The molecule has 0 atom stereocenters. The van der Waals surface area contributed by atoms with Gasteiger partial charge in [-0.1, -0.05) is 6.92 Å². The summed E-state index contributed by atoms with van der Waals surface area (Å²) < 4.78 is 0. The van der Waals surface area contributed by atoms with Crippen molar-refractivity contribution in [3.63, 3.8) is 0 Å². The van der Waals surface area contributed by atoms with Crippen LogP contribution in [0.1, 0.15) is 45.4 Å². The zero-order valence-electron chi connectivity index (χ0n) is 11.6. The molecule has 1 aliphatic carbocycles. The molecule has 2 fully saturated rings. The second kappa shape index (κ2) is 7.10. The molecule has 18 heavy (non-hydrogen) atoms. The van der Waals surface area contributed by atoms with Gasteiger partial charge in [0.1, 0.15) is 0 Å². The number of nitrogens with one attached hydrogen (secondary N) is 2. The number of carbonyl (C=O) groups excluding carboxylic acids is 1. The number of carbonyl (C=O) groups is 1. The highest BCUT2D eigenvalue weighted by Gasteiger charge is 2.27. The molecular formula is C14H27N3O. The Morgan fingerprint density at radius 3 is 2.83 bits per heavy atom. The second-order valence-electron chi connectivity index (χ2n) is 5.63. The van der Waals surface area contributed by atoms with Gasteiger partial charge >= 0.3 is 0 Å². The highest BCUT2D eigenvalue weighted by atomic mass is 16.2. The summed E-state index contributed by atoms with van der Waals surface area (Å²) in [5.41, 5.74) is 0. The van der Waals surface area contributed by atoms with Crippen LogP contribution in [0.3, 0.4) is 0 Å². The van der Waals surface area contributed by atoms with E-state index in [9.17, 15) is 4.79 Å². The molecule has 104 valence electrons. The van der Waals surface area contributed by atoms with E-state index in [1.807, 2.05) is 0 Å². The third kappa shape index (κ3) is 3.95. The molecular weight excluding hydrogens is 226 g/mol. The van der Waals surface area contributed by atoms with Crippen molar-refractivity contribution in [2.75, 3.05) is 26.2 Å². The van der Waals surface area contributed by atoms with E-state index in [-0.39, 0.29) is 5.91 Å². The van der Waals surface area contributed by atoms with Gasteiger partial charge in [-0.3, -0.25) is 9.69 Å². The molecule has 1 amide bonds. The molecule has 2 N–H and O–H groups in total. The molecule has 1 saturated heterocycles. The summed E-state index contributed by atoms with van der Waals surface area (Å²) in [6.45, 7) is 5.90. The molecule has 0 spiro atoms. The Morgan fingerprint density at radius 1 is 1.33 bits per heavy atom. The van der Waals surface area contributed by atoms with Crippen molar-refractivity contribution >= 4 is 5.91 Å². The predicted octanol–water partition coefficient (Wildman–Crippen LogP) is 1.12. The molecule has 0 bridgehead atoms. The van der Waals surface area contributed by atoms with Gasteiger partial charge in [0.15, 0.2) is 0 Å². The zero-order chi connectivity index (χ0) is 12.8. The molecule has 0 aromatic rings. The molecule has 1 heterocycles. The van der Waals surface area contributed by atoms with Crippen molar-refractivity contribution in [3.8, 4) is 0 Å². The summed E-state index contributed by atoms with van der Waals surface area (Å²) in [4.78, 5) is 14.0. The molecule has 0 radical (unpaired) electrons. The van der Waals surface area contributed by atoms with Crippen LogP contribution in [0, 0.1) is 0 Å².